The number of carbonyl (C=O) groups excluding carboxylic acids is 1. The fourth-order valence-corrected chi connectivity index (χ4v) is 3.68. The number of carbonyl (C=O) groups is 1. The summed E-state index contributed by atoms with van der Waals surface area (Å²) in [4.78, 5) is 22.7. The number of halogens is 1. The summed E-state index contributed by atoms with van der Waals surface area (Å²) in [6, 6.07) is 3.14. The fraction of sp³-hybridized carbons (Fsp3) is 0.222. The van der Waals surface area contributed by atoms with E-state index in [9.17, 15) is 9.18 Å². The van der Waals surface area contributed by atoms with Crippen LogP contribution in [0.25, 0.3) is 5.57 Å². The summed E-state index contributed by atoms with van der Waals surface area (Å²) in [5, 5.41) is 9.76. The Morgan fingerprint density at radius 2 is 2.26 bits per heavy atom. The predicted molar refractivity (Wildman–Crippen MR) is 102 cm³/mol. The summed E-state index contributed by atoms with van der Waals surface area (Å²) in [7, 11) is 1.79. The minimum Gasteiger partial charge on any atom is -0.343 e. The number of amides is 1. The van der Waals surface area contributed by atoms with Crippen LogP contribution in [0.15, 0.2) is 42.2 Å². The van der Waals surface area contributed by atoms with Gasteiger partial charge in [-0.25, -0.2) is 9.37 Å². The van der Waals surface area contributed by atoms with E-state index in [0.717, 1.165) is 35.6 Å². The molecule has 0 aromatic carbocycles. The molecule has 0 spiro atoms. The molecule has 3 aromatic heterocycles. The molecule has 0 bridgehead atoms. The van der Waals surface area contributed by atoms with E-state index in [1.54, 1.807) is 35.3 Å². The number of pyridine rings is 1. The molecule has 9 heteroatoms. The average molecular weight is 384 g/mol. The van der Waals surface area contributed by atoms with E-state index in [0.29, 0.717) is 6.54 Å². The fourth-order valence-electron chi connectivity index (χ4n) is 3.01. The highest BCUT2D eigenvalue weighted by Gasteiger charge is 2.21. The van der Waals surface area contributed by atoms with E-state index in [4.69, 9.17) is 0 Å². The van der Waals surface area contributed by atoms with Gasteiger partial charge in [0.05, 0.1) is 17.6 Å². The molecule has 138 valence electrons. The first-order valence-electron chi connectivity index (χ1n) is 8.40. The zero-order valence-corrected chi connectivity index (χ0v) is 15.4. The van der Waals surface area contributed by atoms with Crippen molar-refractivity contribution in [3.8, 4) is 0 Å². The first-order chi connectivity index (χ1) is 13.1. The van der Waals surface area contributed by atoms with Crippen LogP contribution >= 0.6 is 11.3 Å². The Morgan fingerprint density at radius 3 is 3.04 bits per heavy atom. The van der Waals surface area contributed by atoms with Crippen molar-refractivity contribution < 1.29 is 9.18 Å². The summed E-state index contributed by atoms with van der Waals surface area (Å²) in [5.41, 5.74) is 2.25. The number of anilines is 2. The van der Waals surface area contributed by atoms with Gasteiger partial charge in [-0.1, -0.05) is 6.08 Å². The molecule has 1 N–H and O–H groups in total. The number of rotatable bonds is 4. The van der Waals surface area contributed by atoms with Crippen LogP contribution in [0.4, 0.5) is 15.2 Å². The maximum absolute atomic E-state index is 13.7. The van der Waals surface area contributed by atoms with Gasteiger partial charge in [-0.3, -0.25) is 14.5 Å². The van der Waals surface area contributed by atoms with Gasteiger partial charge < -0.3 is 10.2 Å². The highest BCUT2D eigenvalue weighted by Crippen LogP contribution is 2.27. The van der Waals surface area contributed by atoms with Gasteiger partial charge in [-0.2, -0.15) is 5.10 Å². The van der Waals surface area contributed by atoms with E-state index in [2.05, 4.69) is 31.4 Å². The lowest BCUT2D eigenvalue weighted by atomic mass is 10.1. The largest absolute Gasteiger partial charge is 0.343 e. The van der Waals surface area contributed by atoms with Gasteiger partial charge in [-0.15, -0.1) is 11.3 Å². The molecule has 4 heterocycles. The van der Waals surface area contributed by atoms with Crippen molar-refractivity contribution in [1.29, 1.82) is 0 Å². The smallest absolute Gasteiger partial charge is 0.276 e. The van der Waals surface area contributed by atoms with Crippen LogP contribution in [0.2, 0.25) is 0 Å². The Labute approximate surface area is 159 Å². The van der Waals surface area contributed by atoms with Crippen LogP contribution in [0.5, 0.6) is 0 Å². The second kappa shape index (κ2) is 7.28. The lowest BCUT2D eigenvalue weighted by molar-refractivity contribution is 0.102. The van der Waals surface area contributed by atoms with Gasteiger partial charge >= 0.3 is 0 Å². The normalized spacial score (nSPS) is 14.1. The second-order valence-electron chi connectivity index (χ2n) is 6.10. The van der Waals surface area contributed by atoms with Crippen molar-refractivity contribution in [2.24, 2.45) is 7.05 Å². The molecule has 1 aliphatic rings. The molecule has 0 fully saturated rings. The Kier molecular flexibility index (Phi) is 4.68. The third-order valence-corrected chi connectivity index (χ3v) is 5.14. The number of nitrogens with one attached hydrogen (secondary N) is 1. The van der Waals surface area contributed by atoms with Gasteiger partial charge in [0, 0.05) is 37.9 Å². The Morgan fingerprint density at radius 1 is 1.37 bits per heavy atom. The van der Waals surface area contributed by atoms with Crippen LogP contribution in [0, 0.1) is 5.82 Å². The van der Waals surface area contributed by atoms with Gasteiger partial charge in [0.25, 0.3) is 5.91 Å². The zero-order valence-electron chi connectivity index (χ0n) is 14.6. The van der Waals surface area contributed by atoms with E-state index in [1.807, 2.05) is 5.38 Å². The van der Waals surface area contributed by atoms with E-state index < -0.39 is 11.7 Å². The van der Waals surface area contributed by atoms with E-state index in [-0.39, 0.29) is 11.4 Å². The third-order valence-electron chi connectivity index (χ3n) is 4.30. The Bertz CT molecular complexity index is 997. The van der Waals surface area contributed by atoms with Crippen LogP contribution in [-0.4, -0.2) is 38.7 Å². The molecule has 1 amide bonds. The molecular formula is C18H17FN6OS. The van der Waals surface area contributed by atoms with Crippen molar-refractivity contribution in [2.75, 3.05) is 23.3 Å². The van der Waals surface area contributed by atoms with Gasteiger partial charge in [0.1, 0.15) is 0 Å². The number of aryl methyl sites for hydroxylation is 1. The summed E-state index contributed by atoms with van der Waals surface area (Å²) < 4.78 is 15.4. The van der Waals surface area contributed by atoms with Crippen molar-refractivity contribution in [2.45, 2.75) is 6.42 Å². The minimum absolute atomic E-state index is 0.0778. The minimum atomic E-state index is -0.587. The van der Waals surface area contributed by atoms with Gasteiger partial charge in [0.2, 0.25) is 0 Å². The highest BCUT2D eigenvalue weighted by molar-refractivity contribution is 7.13. The van der Waals surface area contributed by atoms with E-state index in [1.165, 1.54) is 12.3 Å². The predicted octanol–water partition coefficient (Wildman–Crippen LogP) is 2.96. The molecule has 0 aliphatic carbocycles. The number of aromatic nitrogens is 4. The average Bonchev–Trinajstić information content (AvgIpc) is 3.34. The first kappa shape index (κ1) is 17.3. The third kappa shape index (κ3) is 3.59. The van der Waals surface area contributed by atoms with Crippen molar-refractivity contribution >= 4 is 33.6 Å². The second-order valence-corrected chi connectivity index (χ2v) is 6.98. The molecule has 0 unspecified atom stereocenters. The number of hydrogen-bond donors (Lipinski definition) is 1. The summed E-state index contributed by atoms with van der Waals surface area (Å²) >= 11 is 1.60. The summed E-state index contributed by atoms with van der Waals surface area (Å²) in [5.74, 6) is -1.05. The molecule has 0 saturated heterocycles. The molecular weight excluding hydrogens is 367 g/mol. The van der Waals surface area contributed by atoms with Gasteiger partial charge in [0.15, 0.2) is 16.6 Å². The lowest BCUT2D eigenvalue weighted by Crippen LogP contribution is -2.29. The van der Waals surface area contributed by atoms with Crippen LogP contribution < -0.4 is 10.2 Å². The molecule has 7 nitrogen and oxygen atoms in total. The number of nitrogens with zero attached hydrogens (tertiary/aromatic N) is 5. The van der Waals surface area contributed by atoms with Crippen molar-refractivity contribution in [3.05, 3.63) is 59.4 Å². The number of hydrogen-bond acceptors (Lipinski definition) is 6. The van der Waals surface area contributed by atoms with Crippen LogP contribution in [0.3, 0.4) is 0 Å². The highest BCUT2D eigenvalue weighted by atomic mass is 32.1. The standard InChI is InChI=1S/C18H17FN6OS/c1-24-16(12-3-2-7-25(11-12)18-21-6-8-27-18)9-15(23-24)17(26)22-14-4-5-20-10-13(14)19/h3-6,8-10H,2,7,11H2,1H3,(H,20,22,26). The molecule has 4 rings (SSSR count). The molecule has 0 radical (unpaired) electrons. The Balaban J connectivity index is 1.54. The summed E-state index contributed by atoms with van der Waals surface area (Å²) in [6.45, 7) is 1.61. The molecule has 27 heavy (non-hydrogen) atoms. The first-order valence-corrected chi connectivity index (χ1v) is 9.28. The maximum Gasteiger partial charge on any atom is 0.276 e. The monoisotopic (exact) mass is 384 g/mol. The Hall–Kier alpha value is -3.07. The van der Waals surface area contributed by atoms with Crippen molar-refractivity contribution in [1.82, 2.24) is 19.7 Å². The molecule has 1 aliphatic heterocycles. The van der Waals surface area contributed by atoms with Crippen molar-refractivity contribution in [3.63, 3.8) is 0 Å². The molecule has 0 saturated carbocycles. The quantitative estimate of drug-likeness (QED) is 0.748. The van der Waals surface area contributed by atoms with Crippen LogP contribution in [-0.2, 0) is 7.05 Å². The number of thiazole rings is 1. The molecule has 0 atom stereocenters. The van der Waals surface area contributed by atoms with Crippen LogP contribution in [0.1, 0.15) is 22.6 Å². The summed E-state index contributed by atoms with van der Waals surface area (Å²) in [6.07, 6.45) is 7.32. The zero-order chi connectivity index (χ0) is 18.8. The maximum atomic E-state index is 13.7. The van der Waals surface area contributed by atoms with E-state index >= 15 is 0 Å². The SMILES string of the molecule is Cn1nc(C(=O)Nc2ccncc2F)cc1C1=CCCN(c2nccs2)C1. The topological polar surface area (TPSA) is 75.9 Å². The lowest BCUT2D eigenvalue weighted by Gasteiger charge is -2.26. The molecule has 3 aromatic rings. The van der Waals surface area contributed by atoms with Gasteiger partial charge in [-0.05, 0) is 24.1 Å².